The van der Waals surface area contributed by atoms with Gasteiger partial charge in [0.05, 0.1) is 0 Å². The van der Waals surface area contributed by atoms with E-state index in [0.29, 0.717) is 0 Å². The molecule has 0 N–H and O–H groups in total. The molecule has 2 aliphatic rings. The fourth-order valence-electron chi connectivity index (χ4n) is 8.65. The Bertz CT molecular complexity index is 1630. The third kappa shape index (κ3) is 6.66. The molecule has 0 radical (unpaired) electrons. The normalized spacial score (nSPS) is 14.3. The van der Waals surface area contributed by atoms with Crippen LogP contribution in [0.5, 0.6) is 0 Å². The molecular weight excluding hydrogens is 581 g/mol. The van der Waals surface area contributed by atoms with Gasteiger partial charge >= 0.3 is 0 Å². The van der Waals surface area contributed by atoms with Crippen molar-refractivity contribution in [1.29, 1.82) is 0 Å². The van der Waals surface area contributed by atoms with Gasteiger partial charge in [0.15, 0.2) is 0 Å². The molecule has 4 aromatic carbocycles. The summed E-state index contributed by atoms with van der Waals surface area (Å²) >= 11 is 0. The standard InChI is InChI=1S/C46H56Si/c1-7-11-13-17-33-23-27-37(28-24-33)41-21-15-19-39-31-35(9-3)45(43(39)41)47(5,6)46-36(10-4)32-40-20-16-22-42(44(40)46)38-29-25-34(26-30-38)18-14-12-8-2/h15-16,19-30H,7-14,17-18,31-32H2,1-6H3. The van der Waals surface area contributed by atoms with E-state index in [-0.39, 0.29) is 0 Å². The molecule has 0 aliphatic heterocycles. The molecule has 6 rings (SSSR count). The second kappa shape index (κ2) is 14.8. The molecule has 0 saturated carbocycles. The van der Waals surface area contributed by atoms with Gasteiger partial charge in [-0.2, -0.15) is 0 Å². The zero-order valence-corrected chi connectivity index (χ0v) is 31.1. The van der Waals surface area contributed by atoms with Crippen molar-refractivity contribution in [2.45, 2.75) is 118 Å². The van der Waals surface area contributed by atoms with Crippen molar-refractivity contribution >= 4 is 18.5 Å². The molecule has 244 valence electrons. The zero-order chi connectivity index (χ0) is 33.0. The lowest BCUT2D eigenvalue weighted by molar-refractivity contribution is 0.717. The number of benzene rings is 4. The van der Waals surface area contributed by atoms with Gasteiger partial charge in [-0.3, -0.25) is 0 Å². The second-order valence-electron chi connectivity index (χ2n) is 14.6. The van der Waals surface area contributed by atoms with Gasteiger partial charge in [-0.15, -0.1) is 0 Å². The molecule has 0 saturated heterocycles. The highest BCUT2D eigenvalue weighted by Crippen LogP contribution is 2.53. The molecule has 0 unspecified atom stereocenters. The first-order valence-corrected chi connectivity index (χ1v) is 21.8. The fourth-order valence-corrected chi connectivity index (χ4v) is 13.0. The summed E-state index contributed by atoms with van der Waals surface area (Å²) in [6.07, 6.45) is 14.6. The summed E-state index contributed by atoms with van der Waals surface area (Å²) in [5, 5.41) is 3.43. The number of allylic oxidation sites excluding steroid dienone is 2. The van der Waals surface area contributed by atoms with E-state index in [4.69, 9.17) is 0 Å². The van der Waals surface area contributed by atoms with Crippen LogP contribution in [-0.4, -0.2) is 8.07 Å². The lowest BCUT2D eigenvalue weighted by Gasteiger charge is -2.32. The van der Waals surface area contributed by atoms with E-state index in [1.54, 1.807) is 32.7 Å². The Hall–Kier alpha value is -3.42. The van der Waals surface area contributed by atoms with E-state index in [0.717, 1.165) is 25.7 Å². The van der Waals surface area contributed by atoms with E-state index in [1.165, 1.54) is 95.9 Å². The maximum atomic E-state index is 2.68. The molecule has 2 aliphatic carbocycles. The van der Waals surface area contributed by atoms with Crippen LogP contribution in [0.4, 0.5) is 0 Å². The van der Waals surface area contributed by atoms with E-state index in [1.807, 2.05) is 0 Å². The maximum Gasteiger partial charge on any atom is 0.113 e. The van der Waals surface area contributed by atoms with Crippen molar-refractivity contribution in [2.75, 3.05) is 0 Å². The first-order valence-electron chi connectivity index (χ1n) is 18.8. The Morgan fingerprint density at radius 2 is 0.894 bits per heavy atom. The summed E-state index contributed by atoms with van der Waals surface area (Å²) in [5.41, 5.74) is 18.1. The fraction of sp³-hybridized carbons (Fsp3) is 0.391. The minimum absolute atomic E-state index is 1.10. The highest BCUT2D eigenvalue weighted by Gasteiger charge is 2.43. The van der Waals surface area contributed by atoms with Crippen LogP contribution in [0.2, 0.25) is 13.1 Å². The van der Waals surface area contributed by atoms with Crippen molar-refractivity contribution in [3.05, 3.63) is 129 Å². The molecule has 0 spiro atoms. The smallest absolute Gasteiger partial charge is 0.0658 e. The van der Waals surface area contributed by atoms with Gasteiger partial charge in [0.1, 0.15) is 8.07 Å². The van der Waals surface area contributed by atoms with Gasteiger partial charge < -0.3 is 0 Å². The largest absolute Gasteiger partial charge is 0.113 e. The Morgan fingerprint density at radius 3 is 1.26 bits per heavy atom. The van der Waals surface area contributed by atoms with E-state index < -0.39 is 8.07 Å². The number of fused-ring (bicyclic) bond motifs is 2. The number of unbranched alkanes of at least 4 members (excludes halogenated alkanes) is 4. The minimum Gasteiger partial charge on any atom is -0.0658 e. The summed E-state index contributed by atoms with van der Waals surface area (Å²) in [5.74, 6) is 0. The molecule has 4 aromatic rings. The van der Waals surface area contributed by atoms with Crippen molar-refractivity contribution in [3.8, 4) is 22.3 Å². The molecule has 47 heavy (non-hydrogen) atoms. The number of hydrogen-bond donors (Lipinski definition) is 0. The van der Waals surface area contributed by atoms with Crippen molar-refractivity contribution in [1.82, 2.24) is 0 Å². The molecular formula is C46H56Si. The third-order valence-corrected chi connectivity index (χ3v) is 14.8. The van der Waals surface area contributed by atoms with Crippen molar-refractivity contribution in [3.63, 3.8) is 0 Å². The van der Waals surface area contributed by atoms with Crippen molar-refractivity contribution < 1.29 is 0 Å². The highest BCUT2D eigenvalue weighted by atomic mass is 28.3. The SMILES string of the molecule is CCCCCc1ccc(-c2cccc3c2C([Si](C)(C)C2=C(CC)Cc4cccc(-c5ccc(CCCCC)cc5)c42)=C(CC)C3)cc1. The Balaban J connectivity index is 1.43. The molecule has 0 fully saturated rings. The van der Waals surface area contributed by atoms with E-state index in [9.17, 15) is 0 Å². The van der Waals surface area contributed by atoms with Gasteiger partial charge in [-0.1, -0.05) is 163 Å². The topological polar surface area (TPSA) is 0 Å². The van der Waals surface area contributed by atoms with Crippen LogP contribution in [0.25, 0.3) is 32.6 Å². The predicted octanol–water partition coefficient (Wildman–Crippen LogP) is 13.4. The van der Waals surface area contributed by atoms with Crippen LogP contribution in [0.15, 0.2) is 96.1 Å². The van der Waals surface area contributed by atoms with Gasteiger partial charge in [0, 0.05) is 0 Å². The average molecular weight is 637 g/mol. The molecule has 0 atom stereocenters. The maximum absolute atomic E-state index is 2.68. The summed E-state index contributed by atoms with van der Waals surface area (Å²) in [4.78, 5) is 0. The molecule has 0 aromatic heterocycles. The molecule has 0 nitrogen and oxygen atoms in total. The molecule has 0 heterocycles. The number of rotatable bonds is 14. The first kappa shape index (κ1) is 33.5. The van der Waals surface area contributed by atoms with Gasteiger partial charge in [0.2, 0.25) is 0 Å². The molecule has 0 amide bonds. The van der Waals surface area contributed by atoms with Crippen LogP contribution in [0.3, 0.4) is 0 Å². The van der Waals surface area contributed by atoms with Crippen LogP contribution in [0.1, 0.15) is 112 Å². The Morgan fingerprint density at radius 1 is 0.489 bits per heavy atom. The van der Waals surface area contributed by atoms with E-state index >= 15 is 0 Å². The lowest BCUT2D eigenvalue weighted by Crippen LogP contribution is -2.32. The van der Waals surface area contributed by atoms with Crippen LogP contribution in [0, 0.1) is 0 Å². The number of hydrogen-bond acceptors (Lipinski definition) is 0. The lowest BCUT2D eigenvalue weighted by atomic mass is 9.95. The Labute approximate surface area is 287 Å². The third-order valence-electron chi connectivity index (χ3n) is 11.1. The van der Waals surface area contributed by atoms with Crippen LogP contribution >= 0.6 is 0 Å². The first-order chi connectivity index (χ1) is 22.9. The van der Waals surface area contributed by atoms with Crippen LogP contribution in [-0.2, 0) is 25.7 Å². The number of aryl methyl sites for hydroxylation is 2. The van der Waals surface area contributed by atoms with Gasteiger partial charge in [-0.25, -0.2) is 0 Å². The monoisotopic (exact) mass is 636 g/mol. The quantitative estimate of drug-likeness (QED) is 0.0954. The molecule has 0 bridgehead atoms. The predicted molar refractivity (Wildman–Crippen MR) is 210 cm³/mol. The highest BCUT2D eigenvalue weighted by molar-refractivity contribution is 7.09. The second-order valence-corrected chi connectivity index (χ2v) is 18.9. The van der Waals surface area contributed by atoms with Crippen molar-refractivity contribution in [2.24, 2.45) is 0 Å². The van der Waals surface area contributed by atoms with Gasteiger partial charge in [-0.05, 0) is 117 Å². The molecule has 1 heteroatoms. The summed E-state index contributed by atoms with van der Waals surface area (Å²) in [6, 6.07) is 33.4. The summed E-state index contributed by atoms with van der Waals surface area (Å²) in [7, 11) is -2.14. The van der Waals surface area contributed by atoms with E-state index in [2.05, 4.69) is 126 Å². The zero-order valence-electron chi connectivity index (χ0n) is 30.1. The summed E-state index contributed by atoms with van der Waals surface area (Å²) < 4.78 is 0. The summed E-state index contributed by atoms with van der Waals surface area (Å²) in [6.45, 7) is 14.7. The minimum atomic E-state index is -2.14. The van der Waals surface area contributed by atoms with Crippen LogP contribution < -0.4 is 0 Å². The Kier molecular flexibility index (Phi) is 10.5. The van der Waals surface area contributed by atoms with Gasteiger partial charge in [0.25, 0.3) is 0 Å². The average Bonchev–Trinajstić information content (AvgIpc) is 3.69.